The summed E-state index contributed by atoms with van der Waals surface area (Å²) in [5.41, 5.74) is 1.14. The Morgan fingerprint density at radius 1 is 1.32 bits per heavy atom. The van der Waals surface area contributed by atoms with Gasteiger partial charge in [0.15, 0.2) is 0 Å². The maximum Gasteiger partial charge on any atom is 0.270 e. The fourth-order valence-corrected chi connectivity index (χ4v) is 4.55. The van der Waals surface area contributed by atoms with Gasteiger partial charge in [0.05, 0.1) is 10.6 Å². The number of amides is 1. The molecule has 3 aromatic heterocycles. The van der Waals surface area contributed by atoms with E-state index in [1.807, 2.05) is 17.5 Å². The van der Waals surface area contributed by atoms with E-state index in [-0.39, 0.29) is 23.4 Å². The van der Waals surface area contributed by atoms with Crippen LogP contribution in [0.2, 0.25) is 0 Å². The van der Waals surface area contributed by atoms with Crippen LogP contribution in [0.25, 0.3) is 9.88 Å². The van der Waals surface area contributed by atoms with E-state index in [0.29, 0.717) is 11.5 Å². The highest BCUT2D eigenvalue weighted by Crippen LogP contribution is 2.35. The monoisotopic (exact) mass is 372 g/mol. The molecule has 0 bridgehead atoms. The van der Waals surface area contributed by atoms with Crippen molar-refractivity contribution in [1.29, 1.82) is 0 Å². The molecular formula is C17H16N4O2S2. The number of rotatable bonds is 4. The Hall–Kier alpha value is -2.32. The minimum absolute atomic E-state index is 0.103. The van der Waals surface area contributed by atoms with Gasteiger partial charge in [0.25, 0.3) is 11.5 Å². The van der Waals surface area contributed by atoms with Crippen LogP contribution < -0.4 is 10.9 Å². The molecular weight excluding hydrogens is 356 g/mol. The van der Waals surface area contributed by atoms with Crippen LogP contribution >= 0.6 is 22.7 Å². The lowest BCUT2D eigenvalue weighted by atomic mass is 9.78. The molecule has 0 atom stereocenters. The Balaban J connectivity index is 1.36. The molecule has 128 valence electrons. The van der Waals surface area contributed by atoms with Gasteiger partial charge in [-0.3, -0.25) is 9.59 Å². The van der Waals surface area contributed by atoms with Crippen molar-refractivity contribution in [2.45, 2.75) is 31.7 Å². The predicted octanol–water partition coefficient (Wildman–Crippen LogP) is 2.94. The van der Waals surface area contributed by atoms with E-state index in [1.165, 1.54) is 11.3 Å². The average Bonchev–Trinajstić information content (AvgIpc) is 3.19. The second-order valence-electron chi connectivity index (χ2n) is 6.11. The van der Waals surface area contributed by atoms with Crippen molar-refractivity contribution in [2.24, 2.45) is 0 Å². The van der Waals surface area contributed by atoms with Gasteiger partial charge in [-0.1, -0.05) is 6.07 Å². The molecule has 0 radical (unpaired) electrons. The lowest BCUT2D eigenvalue weighted by Gasteiger charge is -2.35. The van der Waals surface area contributed by atoms with E-state index in [4.69, 9.17) is 0 Å². The highest BCUT2D eigenvalue weighted by molar-refractivity contribution is 7.20. The lowest BCUT2D eigenvalue weighted by molar-refractivity contribution is 0.0904. The molecule has 3 aromatic rings. The second-order valence-corrected chi connectivity index (χ2v) is 7.92. The normalized spacial score (nSPS) is 19.4. The van der Waals surface area contributed by atoms with Crippen LogP contribution in [0, 0.1) is 6.92 Å². The number of nitrogens with one attached hydrogen (secondary N) is 2. The molecule has 0 unspecified atom stereocenters. The summed E-state index contributed by atoms with van der Waals surface area (Å²) in [5.74, 6) is 0.708. The molecule has 4 rings (SSSR count). The van der Waals surface area contributed by atoms with Crippen molar-refractivity contribution in [3.05, 3.63) is 56.5 Å². The maximum absolute atomic E-state index is 12.3. The van der Waals surface area contributed by atoms with E-state index < -0.39 is 0 Å². The predicted molar refractivity (Wildman–Crippen MR) is 98.3 cm³/mol. The van der Waals surface area contributed by atoms with Crippen LogP contribution in [-0.2, 0) is 0 Å². The van der Waals surface area contributed by atoms with E-state index in [9.17, 15) is 9.59 Å². The van der Waals surface area contributed by atoms with Crippen molar-refractivity contribution in [1.82, 2.24) is 20.3 Å². The van der Waals surface area contributed by atoms with Crippen LogP contribution in [0.5, 0.6) is 0 Å². The summed E-state index contributed by atoms with van der Waals surface area (Å²) in [5, 5.41) is 7.67. The number of hydrogen-bond acceptors (Lipinski definition) is 6. The third-order valence-electron chi connectivity index (χ3n) is 4.24. The van der Waals surface area contributed by atoms with Crippen LogP contribution in [-0.4, -0.2) is 26.9 Å². The van der Waals surface area contributed by atoms with Crippen molar-refractivity contribution >= 4 is 28.6 Å². The molecule has 1 amide bonds. The van der Waals surface area contributed by atoms with Gasteiger partial charge in [0.2, 0.25) is 0 Å². The molecule has 3 heterocycles. The molecule has 1 saturated carbocycles. The number of thiazole rings is 1. The zero-order valence-corrected chi connectivity index (χ0v) is 15.1. The summed E-state index contributed by atoms with van der Waals surface area (Å²) < 4.78 is 0. The Morgan fingerprint density at radius 3 is 2.88 bits per heavy atom. The topological polar surface area (TPSA) is 87.7 Å². The molecule has 0 saturated heterocycles. The number of carbonyl (C=O) groups is 1. The van der Waals surface area contributed by atoms with Crippen LogP contribution in [0.15, 0.2) is 33.8 Å². The molecule has 2 N–H and O–H groups in total. The largest absolute Gasteiger partial charge is 0.348 e. The van der Waals surface area contributed by atoms with Gasteiger partial charge in [-0.2, -0.15) is 0 Å². The Bertz CT molecular complexity index is 955. The summed E-state index contributed by atoms with van der Waals surface area (Å²) in [7, 11) is 0. The fraction of sp³-hybridized carbons (Fsp3) is 0.294. The number of hydrogen-bond donors (Lipinski definition) is 2. The molecule has 0 spiro atoms. The first-order valence-corrected chi connectivity index (χ1v) is 9.72. The van der Waals surface area contributed by atoms with Gasteiger partial charge in [-0.15, -0.1) is 22.7 Å². The first kappa shape index (κ1) is 16.2. The van der Waals surface area contributed by atoms with Crippen molar-refractivity contribution in [3.8, 4) is 9.88 Å². The first-order chi connectivity index (χ1) is 12.1. The van der Waals surface area contributed by atoms with Gasteiger partial charge in [-0.05, 0) is 31.2 Å². The summed E-state index contributed by atoms with van der Waals surface area (Å²) >= 11 is 3.09. The fourth-order valence-electron chi connectivity index (χ4n) is 2.94. The highest BCUT2D eigenvalue weighted by atomic mass is 32.1. The molecule has 1 aliphatic rings. The van der Waals surface area contributed by atoms with Gasteiger partial charge in [-0.25, -0.2) is 9.97 Å². The van der Waals surface area contributed by atoms with Gasteiger partial charge in [0.1, 0.15) is 16.5 Å². The van der Waals surface area contributed by atoms with Gasteiger partial charge < -0.3 is 10.3 Å². The first-order valence-electron chi connectivity index (χ1n) is 7.96. The molecule has 1 aliphatic carbocycles. The zero-order valence-electron chi connectivity index (χ0n) is 13.5. The van der Waals surface area contributed by atoms with Crippen molar-refractivity contribution in [2.75, 3.05) is 0 Å². The van der Waals surface area contributed by atoms with Crippen LogP contribution in [0.1, 0.15) is 40.8 Å². The van der Waals surface area contributed by atoms with Crippen LogP contribution in [0.3, 0.4) is 0 Å². The van der Waals surface area contributed by atoms with E-state index in [2.05, 4.69) is 20.3 Å². The number of thiophene rings is 1. The smallest absolute Gasteiger partial charge is 0.270 e. The molecule has 1 fully saturated rings. The Labute approximate surface area is 152 Å². The SMILES string of the molecule is Cc1nc(C2CC(NC(=O)c3csc(-c4cccs4)n3)C2)cc(=O)[nH]1. The summed E-state index contributed by atoms with van der Waals surface area (Å²) in [6.07, 6.45) is 1.59. The zero-order chi connectivity index (χ0) is 17.4. The third-order valence-corrected chi connectivity index (χ3v) is 6.12. The van der Waals surface area contributed by atoms with E-state index in [0.717, 1.165) is 28.4 Å². The molecule has 6 nitrogen and oxygen atoms in total. The minimum Gasteiger partial charge on any atom is -0.348 e. The lowest BCUT2D eigenvalue weighted by Crippen LogP contribution is -2.43. The third kappa shape index (κ3) is 3.40. The van der Waals surface area contributed by atoms with Gasteiger partial charge in [0, 0.05) is 23.4 Å². The molecule has 0 aliphatic heterocycles. The quantitative estimate of drug-likeness (QED) is 0.737. The number of carbonyl (C=O) groups excluding carboxylic acids is 1. The minimum atomic E-state index is -0.141. The summed E-state index contributed by atoms with van der Waals surface area (Å²) in [6.45, 7) is 1.77. The second kappa shape index (κ2) is 6.53. The highest BCUT2D eigenvalue weighted by Gasteiger charge is 2.33. The maximum atomic E-state index is 12.3. The molecule has 25 heavy (non-hydrogen) atoms. The van der Waals surface area contributed by atoms with Crippen molar-refractivity contribution in [3.63, 3.8) is 0 Å². The van der Waals surface area contributed by atoms with Gasteiger partial charge >= 0.3 is 0 Å². The average molecular weight is 372 g/mol. The number of H-pyrrole nitrogens is 1. The van der Waals surface area contributed by atoms with E-state index in [1.54, 1.807) is 29.7 Å². The standard InChI is InChI=1S/C17H16N4O2S2/c1-9-18-12(7-15(22)19-9)10-5-11(6-10)20-16(23)13-8-25-17(21-13)14-3-2-4-24-14/h2-4,7-8,10-11H,5-6H2,1H3,(H,20,23)(H,18,19,22). The Kier molecular flexibility index (Phi) is 4.22. The van der Waals surface area contributed by atoms with E-state index >= 15 is 0 Å². The summed E-state index contributed by atoms with van der Waals surface area (Å²) in [4.78, 5) is 36.4. The molecule has 0 aromatic carbocycles. The number of aromatic amines is 1. The number of nitrogens with zero attached hydrogens (tertiary/aromatic N) is 2. The Morgan fingerprint density at radius 2 is 2.16 bits per heavy atom. The number of aromatic nitrogens is 3. The summed E-state index contributed by atoms with van der Waals surface area (Å²) in [6, 6.07) is 5.62. The molecule has 8 heteroatoms. The number of aryl methyl sites for hydroxylation is 1. The van der Waals surface area contributed by atoms with Crippen LogP contribution in [0.4, 0.5) is 0 Å². The van der Waals surface area contributed by atoms with Crippen molar-refractivity contribution < 1.29 is 4.79 Å².